The Kier molecular flexibility index (Phi) is 20.5. The molecule has 0 bridgehead atoms. The van der Waals surface area contributed by atoms with Crippen molar-refractivity contribution in [1.29, 1.82) is 0 Å². The molecule has 1 unspecified atom stereocenters. The van der Waals surface area contributed by atoms with E-state index < -0.39 is 0 Å². The standard InChI is InChI=1S/C20H31NO.C3H4.C2H6/c1-5-7-9-17(3)16-22-18(4)11-12-19(6-2)20-10-8-14-21-15-13-20;1-3-2;1-2/h5-7,9,11-12,20-21H,4,8,10,13-16H2,1-3H3;1H,2H3;1-2H3/b7-5-,12-11-,17-9+,19-6+;;. The van der Waals surface area contributed by atoms with E-state index in [4.69, 9.17) is 4.74 Å². The van der Waals surface area contributed by atoms with Crippen LogP contribution < -0.4 is 5.32 Å². The Bertz CT molecular complexity index is 521. The third kappa shape index (κ3) is 16.0. The van der Waals surface area contributed by atoms with Gasteiger partial charge < -0.3 is 10.1 Å². The summed E-state index contributed by atoms with van der Waals surface area (Å²) in [4.78, 5) is 0. The highest BCUT2D eigenvalue weighted by Crippen LogP contribution is 2.23. The summed E-state index contributed by atoms with van der Waals surface area (Å²) in [6.45, 7) is 18.7. The molecule has 1 rings (SSSR count). The predicted molar refractivity (Wildman–Crippen MR) is 123 cm³/mol. The van der Waals surface area contributed by atoms with Crippen LogP contribution in [-0.4, -0.2) is 19.7 Å². The molecule has 152 valence electrons. The van der Waals surface area contributed by atoms with Crippen LogP contribution in [0.2, 0.25) is 0 Å². The van der Waals surface area contributed by atoms with Gasteiger partial charge >= 0.3 is 0 Å². The first-order valence-corrected chi connectivity index (χ1v) is 10.1. The van der Waals surface area contributed by atoms with Crippen molar-refractivity contribution in [3.05, 3.63) is 59.9 Å². The maximum absolute atomic E-state index is 5.68. The lowest BCUT2D eigenvalue weighted by atomic mass is 9.91. The lowest BCUT2D eigenvalue weighted by Gasteiger charge is -2.15. The smallest absolute Gasteiger partial charge is 0.112 e. The zero-order valence-electron chi connectivity index (χ0n) is 18.5. The Morgan fingerprint density at radius 2 is 1.89 bits per heavy atom. The SMILES string of the molecule is C#CC.C=C(/C=C\C(=C/C)C1CCCNCC1)OC/C(C)=C/C=C\C.CC. The van der Waals surface area contributed by atoms with Crippen LogP contribution in [0.25, 0.3) is 0 Å². The highest BCUT2D eigenvalue weighted by atomic mass is 16.5. The lowest BCUT2D eigenvalue weighted by molar-refractivity contribution is 0.254. The molecule has 1 saturated heterocycles. The molecule has 0 spiro atoms. The Morgan fingerprint density at radius 3 is 2.48 bits per heavy atom. The molecular weight excluding hydrogens is 330 g/mol. The second-order valence-electron chi connectivity index (χ2n) is 6.08. The third-order valence-electron chi connectivity index (χ3n) is 3.90. The van der Waals surface area contributed by atoms with Crippen molar-refractivity contribution in [2.24, 2.45) is 5.92 Å². The van der Waals surface area contributed by atoms with Crippen LogP contribution in [0.15, 0.2) is 59.9 Å². The molecule has 2 nitrogen and oxygen atoms in total. The zero-order chi connectivity index (χ0) is 20.9. The van der Waals surface area contributed by atoms with Gasteiger partial charge in [0.15, 0.2) is 0 Å². The highest BCUT2D eigenvalue weighted by Gasteiger charge is 2.14. The normalized spacial score (nSPS) is 17.9. The van der Waals surface area contributed by atoms with Crippen LogP contribution in [0.5, 0.6) is 0 Å². The van der Waals surface area contributed by atoms with Gasteiger partial charge in [-0.15, -0.1) is 12.3 Å². The van der Waals surface area contributed by atoms with Crippen molar-refractivity contribution < 1.29 is 4.74 Å². The Morgan fingerprint density at radius 1 is 1.22 bits per heavy atom. The van der Waals surface area contributed by atoms with Crippen LogP contribution >= 0.6 is 0 Å². The minimum Gasteiger partial charge on any atom is -0.490 e. The summed E-state index contributed by atoms with van der Waals surface area (Å²) in [7, 11) is 0. The van der Waals surface area contributed by atoms with E-state index in [0.29, 0.717) is 12.5 Å². The van der Waals surface area contributed by atoms with E-state index in [0.717, 1.165) is 18.8 Å². The molecule has 0 amide bonds. The summed E-state index contributed by atoms with van der Waals surface area (Å²) in [5, 5.41) is 3.47. The minimum absolute atomic E-state index is 0.589. The molecule has 1 heterocycles. The van der Waals surface area contributed by atoms with E-state index in [9.17, 15) is 0 Å². The fraction of sp³-hybridized carbons (Fsp3) is 0.520. The largest absolute Gasteiger partial charge is 0.490 e. The molecule has 2 heteroatoms. The van der Waals surface area contributed by atoms with E-state index in [1.165, 1.54) is 30.4 Å². The first-order valence-electron chi connectivity index (χ1n) is 10.1. The monoisotopic (exact) mass is 371 g/mol. The fourth-order valence-electron chi connectivity index (χ4n) is 2.57. The third-order valence-corrected chi connectivity index (χ3v) is 3.90. The number of hydrogen-bond acceptors (Lipinski definition) is 2. The highest BCUT2D eigenvalue weighted by molar-refractivity contribution is 5.26. The number of nitrogens with one attached hydrogen (secondary N) is 1. The fourth-order valence-corrected chi connectivity index (χ4v) is 2.57. The average Bonchev–Trinajstić information content (AvgIpc) is 2.97. The number of ether oxygens (including phenoxy) is 1. The molecule has 0 saturated carbocycles. The first-order chi connectivity index (χ1) is 13.1. The predicted octanol–water partition coefficient (Wildman–Crippen LogP) is 6.60. The summed E-state index contributed by atoms with van der Waals surface area (Å²) in [6.07, 6.45) is 20.8. The van der Waals surface area contributed by atoms with Crippen LogP contribution in [0.1, 0.15) is 60.8 Å². The quantitative estimate of drug-likeness (QED) is 0.309. The van der Waals surface area contributed by atoms with Crippen LogP contribution in [0, 0.1) is 18.3 Å². The van der Waals surface area contributed by atoms with Gasteiger partial charge in [0.25, 0.3) is 0 Å². The van der Waals surface area contributed by atoms with Crippen molar-refractivity contribution in [3.8, 4) is 12.3 Å². The van der Waals surface area contributed by atoms with Crippen LogP contribution in [-0.2, 0) is 4.74 Å². The van der Waals surface area contributed by atoms with Gasteiger partial charge in [-0.3, -0.25) is 0 Å². The summed E-state index contributed by atoms with van der Waals surface area (Å²) < 4.78 is 5.68. The summed E-state index contributed by atoms with van der Waals surface area (Å²) in [5.74, 6) is 3.62. The van der Waals surface area contributed by atoms with Crippen molar-refractivity contribution >= 4 is 0 Å². The molecule has 1 N–H and O–H groups in total. The Labute approximate surface area is 169 Å². The molecule has 0 radical (unpaired) electrons. The zero-order valence-corrected chi connectivity index (χ0v) is 18.5. The molecule has 0 aromatic carbocycles. The molecule has 0 aromatic rings. The van der Waals surface area contributed by atoms with Gasteiger partial charge in [-0.1, -0.05) is 50.8 Å². The molecule has 1 aliphatic heterocycles. The van der Waals surface area contributed by atoms with Crippen molar-refractivity contribution in [2.45, 2.75) is 60.8 Å². The molecular formula is C25H41NO. The Hall–Kier alpha value is -1.98. The molecule has 27 heavy (non-hydrogen) atoms. The summed E-state index contributed by atoms with van der Waals surface area (Å²) in [6, 6.07) is 0. The van der Waals surface area contributed by atoms with E-state index in [1.54, 1.807) is 6.92 Å². The maximum Gasteiger partial charge on any atom is 0.112 e. The van der Waals surface area contributed by atoms with Gasteiger partial charge in [0, 0.05) is 0 Å². The number of allylic oxidation sites excluding steroid dienone is 7. The Balaban J connectivity index is 0. The second kappa shape index (κ2) is 20.3. The van der Waals surface area contributed by atoms with E-state index in [1.807, 2.05) is 39.0 Å². The van der Waals surface area contributed by atoms with Gasteiger partial charge in [-0.25, -0.2) is 0 Å². The molecule has 0 aliphatic carbocycles. The van der Waals surface area contributed by atoms with Crippen LogP contribution in [0.4, 0.5) is 0 Å². The number of hydrogen-bond donors (Lipinski definition) is 1. The first kappa shape index (κ1) is 27.2. The number of rotatable bonds is 7. The van der Waals surface area contributed by atoms with Gasteiger partial charge in [0.05, 0.1) is 0 Å². The van der Waals surface area contributed by atoms with Gasteiger partial charge in [-0.2, -0.15) is 0 Å². The van der Waals surface area contributed by atoms with E-state index >= 15 is 0 Å². The van der Waals surface area contributed by atoms with Crippen molar-refractivity contribution in [3.63, 3.8) is 0 Å². The van der Waals surface area contributed by atoms with Gasteiger partial charge in [0.1, 0.15) is 12.4 Å². The molecule has 1 fully saturated rings. The van der Waals surface area contributed by atoms with Crippen molar-refractivity contribution in [2.75, 3.05) is 19.7 Å². The average molecular weight is 372 g/mol. The molecule has 1 aliphatic rings. The van der Waals surface area contributed by atoms with E-state index in [-0.39, 0.29) is 0 Å². The topological polar surface area (TPSA) is 21.3 Å². The minimum atomic E-state index is 0.589. The lowest BCUT2D eigenvalue weighted by Crippen LogP contribution is -2.14. The number of terminal acetylenes is 1. The van der Waals surface area contributed by atoms with Gasteiger partial charge in [-0.05, 0) is 83.2 Å². The second-order valence-corrected chi connectivity index (χ2v) is 6.08. The maximum atomic E-state index is 5.68. The van der Waals surface area contributed by atoms with E-state index in [2.05, 4.69) is 56.3 Å². The summed E-state index contributed by atoms with van der Waals surface area (Å²) in [5.41, 5.74) is 2.59. The van der Waals surface area contributed by atoms with Crippen LogP contribution in [0.3, 0.4) is 0 Å². The molecule has 1 atom stereocenters. The molecule has 0 aromatic heterocycles. The summed E-state index contributed by atoms with van der Waals surface area (Å²) >= 11 is 0. The van der Waals surface area contributed by atoms with Gasteiger partial charge in [0.2, 0.25) is 0 Å². The van der Waals surface area contributed by atoms with Crippen molar-refractivity contribution in [1.82, 2.24) is 5.32 Å².